The third kappa shape index (κ3) is 4.59. The van der Waals surface area contributed by atoms with Gasteiger partial charge >= 0.3 is 0 Å². The van der Waals surface area contributed by atoms with Crippen LogP contribution < -0.4 is 5.32 Å². The molecule has 1 aliphatic rings. The molecule has 2 atom stereocenters. The van der Waals surface area contributed by atoms with E-state index in [-0.39, 0.29) is 24.5 Å². The van der Waals surface area contributed by atoms with E-state index in [1.165, 1.54) is 0 Å². The molecule has 1 aromatic carbocycles. The lowest BCUT2D eigenvalue weighted by Crippen LogP contribution is -2.48. The summed E-state index contributed by atoms with van der Waals surface area (Å²) in [6, 6.07) is 4.03. The number of benzene rings is 1. The Balaban J connectivity index is 2.11. The van der Waals surface area contributed by atoms with Gasteiger partial charge in [-0.15, -0.1) is 0 Å². The van der Waals surface area contributed by atoms with Gasteiger partial charge in [-0.05, 0) is 44.4 Å². The number of amides is 2. The van der Waals surface area contributed by atoms with Crippen molar-refractivity contribution in [3.63, 3.8) is 0 Å². The SMILES string of the molecule is C[C@@H](CCO)NC(=O)[C@@H]1CCCN1C(=O)c1cc(Cl)cc(Cl)c1. The van der Waals surface area contributed by atoms with Crippen molar-refractivity contribution in [1.82, 2.24) is 10.2 Å². The van der Waals surface area contributed by atoms with Gasteiger partial charge in [0.25, 0.3) is 5.91 Å². The van der Waals surface area contributed by atoms with E-state index in [0.29, 0.717) is 35.0 Å². The fourth-order valence-corrected chi connectivity index (χ4v) is 3.26. The second-order valence-corrected chi connectivity index (χ2v) is 6.61. The minimum absolute atomic E-state index is 0.00969. The van der Waals surface area contributed by atoms with Crippen LogP contribution in [0.2, 0.25) is 10.0 Å². The molecule has 1 saturated heterocycles. The number of hydrogen-bond acceptors (Lipinski definition) is 3. The summed E-state index contributed by atoms with van der Waals surface area (Å²) < 4.78 is 0. The highest BCUT2D eigenvalue weighted by Crippen LogP contribution is 2.24. The average molecular weight is 359 g/mol. The lowest BCUT2D eigenvalue weighted by Gasteiger charge is -2.25. The van der Waals surface area contributed by atoms with Crippen molar-refractivity contribution in [3.05, 3.63) is 33.8 Å². The number of halogens is 2. The van der Waals surface area contributed by atoms with Crippen molar-refractivity contribution >= 4 is 35.0 Å². The molecule has 126 valence electrons. The van der Waals surface area contributed by atoms with Gasteiger partial charge in [0.05, 0.1) is 0 Å². The van der Waals surface area contributed by atoms with E-state index in [9.17, 15) is 9.59 Å². The summed E-state index contributed by atoms with van der Waals surface area (Å²) in [5, 5.41) is 12.5. The van der Waals surface area contributed by atoms with Crippen molar-refractivity contribution in [2.45, 2.75) is 38.3 Å². The smallest absolute Gasteiger partial charge is 0.254 e. The molecular formula is C16H20Cl2N2O3. The fraction of sp³-hybridized carbons (Fsp3) is 0.500. The molecule has 0 aromatic heterocycles. The van der Waals surface area contributed by atoms with Crippen molar-refractivity contribution in [3.8, 4) is 0 Å². The van der Waals surface area contributed by atoms with Gasteiger partial charge in [0.1, 0.15) is 6.04 Å². The lowest BCUT2D eigenvalue weighted by molar-refractivity contribution is -0.125. The molecule has 2 amide bonds. The number of nitrogens with zero attached hydrogens (tertiary/aromatic N) is 1. The molecule has 7 heteroatoms. The zero-order chi connectivity index (χ0) is 17.0. The van der Waals surface area contributed by atoms with E-state index in [1.807, 2.05) is 6.92 Å². The van der Waals surface area contributed by atoms with Gasteiger partial charge in [0, 0.05) is 34.8 Å². The maximum absolute atomic E-state index is 12.7. The fourth-order valence-electron chi connectivity index (χ4n) is 2.73. The molecule has 0 unspecified atom stereocenters. The Morgan fingerprint density at radius 2 is 2.00 bits per heavy atom. The van der Waals surface area contributed by atoms with Gasteiger partial charge in [-0.3, -0.25) is 9.59 Å². The summed E-state index contributed by atoms with van der Waals surface area (Å²) >= 11 is 11.9. The second kappa shape index (κ2) is 7.99. The topological polar surface area (TPSA) is 69.6 Å². The van der Waals surface area contributed by atoms with Crippen molar-refractivity contribution in [2.75, 3.05) is 13.2 Å². The third-order valence-electron chi connectivity index (χ3n) is 3.88. The Kier molecular flexibility index (Phi) is 6.27. The molecule has 0 saturated carbocycles. The van der Waals surface area contributed by atoms with Crippen molar-refractivity contribution < 1.29 is 14.7 Å². The number of aliphatic hydroxyl groups excluding tert-OH is 1. The summed E-state index contributed by atoms with van der Waals surface area (Å²) in [5.41, 5.74) is 0.380. The van der Waals surface area contributed by atoms with Crippen LogP contribution in [0.1, 0.15) is 36.5 Å². The Labute approximate surface area is 145 Å². The van der Waals surface area contributed by atoms with Crippen LogP contribution in [0.25, 0.3) is 0 Å². The van der Waals surface area contributed by atoms with Crippen molar-refractivity contribution in [2.24, 2.45) is 0 Å². The monoisotopic (exact) mass is 358 g/mol. The van der Waals surface area contributed by atoms with Gasteiger partial charge in [0.15, 0.2) is 0 Å². The molecular weight excluding hydrogens is 339 g/mol. The zero-order valence-corrected chi connectivity index (χ0v) is 14.4. The molecule has 1 fully saturated rings. The van der Waals surface area contributed by atoms with Gasteiger partial charge in [-0.2, -0.15) is 0 Å². The summed E-state index contributed by atoms with van der Waals surface area (Å²) in [4.78, 5) is 26.6. The molecule has 23 heavy (non-hydrogen) atoms. The number of carbonyl (C=O) groups excluding carboxylic acids is 2. The van der Waals surface area contributed by atoms with Crippen LogP contribution >= 0.6 is 23.2 Å². The van der Waals surface area contributed by atoms with Crippen LogP contribution in [0.5, 0.6) is 0 Å². The number of rotatable bonds is 5. The maximum Gasteiger partial charge on any atom is 0.254 e. The van der Waals surface area contributed by atoms with Crippen LogP contribution in [-0.2, 0) is 4.79 Å². The highest BCUT2D eigenvalue weighted by atomic mass is 35.5. The highest BCUT2D eigenvalue weighted by molar-refractivity contribution is 6.35. The van der Waals surface area contributed by atoms with E-state index in [2.05, 4.69) is 5.32 Å². The minimum Gasteiger partial charge on any atom is -0.396 e. The van der Waals surface area contributed by atoms with Crippen LogP contribution in [0, 0.1) is 0 Å². The van der Waals surface area contributed by atoms with Gasteiger partial charge in [0.2, 0.25) is 5.91 Å². The normalized spacial score (nSPS) is 18.8. The minimum atomic E-state index is -0.499. The summed E-state index contributed by atoms with van der Waals surface area (Å²) in [7, 11) is 0. The molecule has 2 rings (SSSR count). The lowest BCUT2D eigenvalue weighted by atomic mass is 10.1. The van der Waals surface area contributed by atoms with E-state index in [1.54, 1.807) is 23.1 Å². The third-order valence-corrected chi connectivity index (χ3v) is 4.31. The van der Waals surface area contributed by atoms with E-state index in [4.69, 9.17) is 28.3 Å². The van der Waals surface area contributed by atoms with Gasteiger partial charge in [-0.1, -0.05) is 23.2 Å². The van der Waals surface area contributed by atoms with Crippen LogP contribution in [-0.4, -0.2) is 47.1 Å². The largest absolute Gasteiger partial charge is 0.396 e. The maximum atomic E-state index is 12.7. The summed E-state index contributed by atoms with van der Waals surface area (Å²) in [5.74, 6) is -0.438. The van der Waals surface area contributed by atoms with Crippen LogP contribution in [0.15, 0.2) is 18.2 Å². The number of carbonyl (C=O) groups is 2. The Morgan fingerprint density at radius 1 is 1.35 bits per heavy atom. The van der Waals surface area contributed by atoms with Crippen LogP contribution in [0.4, 0.5) is 0 Å². The first-order valence-corrected chi connectivity index (χ1v) is 8.36. The first-order valence-electron chi connectivity index (χ1n) is 7.60. The molecule has 5 nitrogen and oxygen atoms in total. The summed E-state index contributed by atoms with van der Waals surface area (Å²) in [6.07, 6.45) is 1.88. The zero-order valence-electron chi connectivity index (χ0n) is 12.9. The first-order chi connectivity index (χ1) is 10.9. The standard InChI is InChI=1S/C16H20Cl2N2O3/c1-10(4-6-21)19-15(22)14-3-2-5-20(14)16(23)11-7-12(17)9-13(18)8-11/h7-10,14,21H,2-6H2,1H3,(H,19,22)/t10-,14-/m0/s1. The Morgan fingerprint density at radius 3 is 2.61 bits per heavy atom. The molecule has 1 aromatic rings. The quantitative estimate of drug-likeness (QED) is 0.849. The predicted molar refractivity (Wildman–Crippen MR) is 89.8 cm³/mol. The second-order valence-electron chi connectivity index (χ2n) is 5.74. The highest BCUT2D eigenvalue weighted by Gasteiger charge is 2.35. The molecule has 1 heterocycles. The number of aliphatic hydroxyl groups is 1. The molecule has 0 bridgehead atoms. The summed E-state index contributed by atoms with van der Waals surface area (Å²) in [6.45, 7) is 2.36. The number of hydrogen-bond donors (Lipinski definition) is 2. The molecule has 1 aliphatic heterocycles. The number of likely N-dealkylation sites (tertiary alicyclic amines) is 1. The van der Waals surface area contributed by atoms with Gasteiger partial charge < -0.3 is 15.3 Å². The van der Waals surface area contributed by atoms with Crippen molar-refractivity contribution in [1.29, 1.82) is 0 Å². The first kappa shape index (κ1) is 18.0. The average Bonchev–Trinajstić information content (AvgIpc) is 2.95. The van der Waals surface area contributed by atoms with E-state index < -0.39 is 6.04 Å². The Hall–Kier alpha value is -1.30. The molecule has 2 N–H and O–H groups in total. The molecule has 0 radical (unpaired) electrons. The van der Waals surface area contributed by atoms with E-state index in [0.717, 1.165) is 6.42 Å². The van der Waals surface area contributed by atoms with Crippen LogP contribution in [0.3, 0.4) is 0 Å². The molecule has 0 aliphatic carbocycles. The predicted octanol–water partition coefficient (Wildman–Crippen LogP) is 2.49. The Bertz CT molecular complexity index is 574. The molecule has 0 spiro atoms. The van der Waals surface area contributed by atoms with E-state index >= 15 is 0 Å². The number of nitrogens with one attached hydrogen (secondary N) is 1. The van der Waals surface area contributed by atoms with Gasteiger partial charge in [-0.25, -0.2) is 0 Å².